The molecule has 1 N–H and O–H groups in total. The fourth-order valence-electron chi connectivity index (χ4n) is 3.07. The minimum atomic E-state index is -0.201. The second-order valence-electron chi connectivity index (χ2n) is 6.37. The van der Waals surface area contributed by atoms with Crippen molar-refractivity contribution in [3.8, 4) is 5.75 Å². The standard InChI is InChI=1S/C19H27N3O4/c1-4-6-18(24)21-9-5-10-22(12-11-21)19(25)16-13-15(20-14(2)23)7-8-17(16)26-3/h7-8,13H,4-6,9-12H2,1-3H3,(H,20,23). The van der Waals surface area contributed by atoms with Crippen LogP contribution in [-0.4, -0.2) is 60.8 Å². The molecule has 0 atom stereocenters. The lowest BCUT2D eigenvalue weighted by molar-refractivity contribution is -0.131. The molecular formula is C19H27N3O4. The molecule has 1 heterocycles. The Morgan fingerprint density at radius 2 is 1.81 bits per heavy atom. The molecule has 0 unspecified atom stereocenters. The largest absolute Gasteiger partial charge is 0.496 e. The topological polar surface area (TPSA) is 79.0 Å². The minimum absolute atomic E-state index is 0.145. The number of methoxy groups -OCH3 is 1. The Kier molecular flexibility index (Phi) is 7.00. The van der Waals surface area contributed by atoms with E-state index in [1.54, 1.807) is 23.1 Å². The molecule has 7 nitrogen and oxygen atoms in total. The summed E-state index contributed by atoms with van der Waals surface area (Å²) in [6.07, 6.45) is 2.11. The Morgan fingerprint density at radius 3 is 2.46 bits per heavy atom. The van der Waals surface area contributed by atoms with E-state index in [2.05, 4.69) is 5.32 Å². The summed E-state index contributed by atoms with van der Waals surface area (Å²) >= 11 is 0. The summed E-state index contributed by atoms with van der Waals surface area (Å²) < 4.78 is 5.32. The Labute approximate surface area is 154 Å². The number of anilines is 1. The third-order valence-electron chi connectivity index (χ3n) is 4.35. The highest BCUT2D eigenvalue weighted by molar-refractivity contribution is 5.99. The first-order valence-electron chi connectivity index (χ1n) is 8.99. The molecule has 7 heteroatoms. The van der Waals surface area contributed by atoms with E-state index in [9.17, 15) is 14.4 Å². The van der Waals surface area contributed by atoms with Crippen LogP contribution in [-0.2, 0) is 9.59 Å². The summed E-state index contributed by atoms with van der Waals surface area (Å²) in [5.74, 6) is 0.256. The van der Waals surface area contributed by atoms with Crippen molar-refractivity contribution in [3.05, 3.63) is 23.8 Å². The highest BCUT2D eigenvalue weighted by Crippen LogP contribution is 2.25. The first-order valence-corrected chi connectivity index (χ1v) is 8.99. The molecule has 2 rings (SSSR count). The van der Waals surface area contributed by atoms with Gasteiger partial charge in [0.2, 0.25) is 11.8 Å². The molecule has 0 bridgehead atoms. The van der Waals surface area contributed by atoms with Crippen molar-refractivity contribution in [2.45, 2.75) is 33.1 Å². The number of carbonyl (C=O) groups excluding carboxylic acids is 3. The van der Waals surface area contributed by atoms with Crippen LogP contribution >= 0.6 is 0 Å². The highest BCUT2D eigenvalue weighted by Gasteiger charge is 2.24. The predicted octanol–water partition coefficient (Wildman–Crippen LogP) is 2.13. The average molecular weight is 361 g/mol. The average Bonchev–Trinajstić information content (AvgIpc) is 2.87. The van der Waals surface area contributed by atoms with Crippen LogP contribution in [0, 0.1) is 0 Å². The molecule has 1 saturated heterocycles. The fraction of sp³-hybridized carbons (Fsp3) is 0.526. The molecule has 1 aliphatic heterocycles. The number of nitrogens with one attached hydrogen (secondary N) is 1. The van der Waals surface area contributed by atoms with Gasteiger partial charge in [-0.1, -0.05) is 6.92 Å². The molecule has 26 heavy (non-hydrogen) atoms. The van der Waals surface area contributed by atoms with Crippen LogP contribution in [0.3, 0.4) is 0 Å². The summed E-state index contributed by atoms with van der Waals surface area (Å²) in [5.41, 5.74) is 0.961. The highest BCUT2D eigenvalue weighted by atomic mass is 16.5. The van der Waals surface area contributed by atoms with Gasteiger partial charge in [0.05, 0.1) is 12.7 Å². The number of amides is 3. The maximum atomic E-state index is 13.0. The van der Waals surface area contributed by atoms with Crippen molar-refractivity contribution in [2.24, 2.45) is 0 Å². The molecule has 0 aliphatic carbocycles. The van der Waals surface area contributed by atoms with Crippen molar-refractivity contribution in [1.82, 2.24) is 9.80 Å². The second-order valence-corrected chi connectivity index (χ2v) is 6.37. The predicted molar refractivity (Wildman–Crippen MR) is 99.3 cm³/mol. The van der Waals surface area contributed by atoms with Gasteiger partial charge in [0.1, 0.15) is 5.75 Å². The second kappa shape index (κ2) is 9.22. The van der Waals surface area contributed by atoms with Gasteiger partial charge >= 0.3 is 0 Å². The maximum absolute atomic E-state index is 13.0. The number of ether oxygens (including phenoxy) is 1. The Balaban J connectivity index is 2.15. The molecule has 0 aromatic heterocycles. The Bertz CT molecular complexity index is 675. The summed E-state index contributed by atoms with van der Waals surface area (Å²) in [7, 11) is 1.51. The van der Waals surface area contributed by atoms with Gasteiger partial charge in [-0.2, -0.15) is 0 Å². The quantitative estimate of drug-likeness (QED) is 0.871. The van der Waals surface area contributed by atoms with Crippen LogP contribution in [0.15, 0.2) is 18.2 Å². The van der Waals surface area contributed by atoms with Gasteiger partial charge in [-0.25, -0.2) is 0 Å². The number of rotatable bonds is 5. The molecule has 1 aromatic carbocycles. The summed E-state index contributed by atoms with van der Waals surface area (Å²) in [6, 6.07) is 5.01. The lowest BCUT2D eigenvalue weighted by Crippen LogP contribution is -2.37. The van der Waals surface area contributed by atoms with Crippen LogP contribution in [0.5, 0.6) is 5.75 Å². The molecule has 0 saturated carbocycles. The molecule has 0 spiro atoms. The van der Waals surface area contributed by atoms with Gasteiger partial charge in [-0.3, -0.25) is 14.4 Å². The first kappa shape index (κ1) is 19.8. The van der Waals surface area contributed by atoms with Crippen molar-refractivity contribution >= 4 is 23.4 Å². The van der Waals surface area contributed by atoms with Gasteiger partial charge in [0.25, 0.3) is 5.91 Å². The lowest BCUT2D eigenvalue weighted by atomic mass is 10.1. The van der Waals surface area contributed by atoms with Crippen molar-refractivity contribution in [2.75, 3.05) is 38.6 Å². The third kappa shape index (κ3) is 4.97. The van der Waals surface area contributed by atoms with Crippen LogP contribution < -0.4 is 10.1 Å². The lowest BCUT2D eigenvalue weighted by Gasteiger charge is -2.23. The van der Waals surface area contributed by atoms with Gasteiger partial charge < -0.3 is 19.9 Å². The summed E-state index contributed by atoms with van der Waals surface area (Å²) in [5, 5.41) is 2.68. The summed E-state index contributed by atoms with van der Waals surface area (Å²) in [4.78, 5) is 40.0. The summed E-state index contributed by atoms with van der Waals surface area (Å²) in [6.45, 7) is 5.69. The maximum Gasteiger partial charge on any atom is 0.257 e. The molecule has 3 amide bonds. The van der Waals surface area contributed by atoms with E-state index in [-0.39, 0.29) is 17.7 Å². The third-order valence-corrected chi connectivity index (χ3v) is 4.35. The number of benzene rings is 1. The number of hydrogen-bond donors (Lipinski definition) is 1. The zero-order valence-electron chi connectivity index (χ0n) is 15.7. The smallest absolute Gasteiger partial charge is 0.257 e. The van der Waals surface area contributed by atoms with E-state index in [0.717, 1.165) is 12.8 Å². The van der Waals surface area contributed by atoms with Gasteiger partial charge in [0, 0.05) is 45.2 Å². The molecular weight excluding hydrogens is 334 g/mol. The van der Waals surface area contributed by atoms with Crippen molar-refractivity contribution in [3.63, 3.8) is 0 Å². The van der Waals surface area contributed by atoms with E-state index < -0.39 is 0 Å². The normalized spacial score (nSPS) is 14.6. The number of carbonyl (C=O) groups is 3. The van der Waals surface area contributed by atoms with Crippen LogP contribution in [0.25, 0.3) is 0 Å². The van der Waals surface area contributed by atoms with E-state index in [1.807, 2.05) is 11.8 Å². The fourth-order valence-corrected chi connectivity index (χ4v) is 3.07. The van der Waals surface area contributed by atoms with E-state index in [0.29, 0.717) is 49.6 Å². The van der Waals surface area contributed by atoms with Crippen LogP contribution in [0.2, 0.25) is 0 Å². The van der Waals surface area contributed by atoms with Crippen LogP contribution in [0.1, 0.15) is 43.5 Å². The zero-order valence-corrected chi connectivity index (χ0v) is 15.7. The van der Waals surface area contributed by atoms with Crippen molar-refractivity contribution < 1.29 is 19.1 Å². The zero-order chi connectivity index (χ0) is 19.1. The van der Waals surface area contributed by atoms with E-state index in [1.165, 1.54) is 14.0 Å². The SMILES string of the molecule is CCCC(=O)N1CCCN(C(=O)c2cc(NC(C)=O)ccc2OC)CC1. The molecule has 0 radical (unpaired) electrons. The molecule has 1 fully saturated rings. The van der Waals surface area contributed by atoms with Crippen LogP contribution in [0.4, 0.5) is 5.69 Å². The van der Waals surface area contributed by atoms with Gasteiger partial charge in [0.15, 0.2) is 0 Å². The molecule has 142 valence electrons. The van der Waals surface area contributed by atoms with Gasteiger partial charge in [-0.05, 0) is 31.0 Å². The molecule has 1 aromatic rings. The molecule has 1 aliphatic rings. The Morgan fingerprint density at radius 1 is 1.12 bits per heavy atom. The Hall–Kier alpha value is -2.57. The minimum Gasteiger partial charge on any atom is -0.496 e. The van der Waals surface area contributed by atoms with Gasteiger partial charge in [-0.15, -0.1) is 0 Å². The first-order chi connectivity index (χ1) is 12.5. The van der Waals surface area contributed by atoms with E-state index >= 15 is 0 Å². The van der Waals surface area contributed by atoms with E-state index in [4.69, 9.17) is 4.74 Å². The number of nitrogens with zero attached hydrogens (tertiary/aromatic N) is 2. The monoisotopic (exact) mass is 361 g/mol. The number of hydrogen-bond acceptors (Lipinski definition) is 4. The van der Waals surface area contributed by atoms with Crippen molar-refractivity contribution in [1.29, 1.82) is 0 Å².